The second-order valence-corrected chi connectivity index (χ2v) is 7.97. The van der Waals surface area contributed by atoms with E-state index in [2.05, 4.69) is 50.0 Å². The van der Waals surface area contributed by atoms with E-state index in [1.54, 1.807) is 0 Å². The Morgan fingerprint density at radius 3 is 2.92 bits per heavy atom. The van der Waals surface area contributed by atoms with Crippen LogP contribution in [-0.2, 0) is 0 Å². The van der Waals surface area contributed by atoms with Crippen molar-refractivity contribution >= 4 is 23.2 Å². The lowest BCUT2D eigenvalue weighted by Gasteiger charge is -2.10. The first kappa shape index (κ1) is 14.3. The lowest BCUT2D eigenvalue weighted by Crippen LogP contribution is -2.08. The molecule has 2 aliphatic rings. The molecule has 2 fully saturated rings. The number of aromatic nitrogens is 3. The van der Waals surface area contributed by atoms with Crippen LogP contribution in [0.5, 0.6) is 0 Å². The Kier molecular flexibility index (Phi) is 3.47. The van der Waals surface area contributed by atoms with Crippen LogP contribution in [-0.4, -0.2) is 26.2 Å². The molecule has 0 unspecified atom stereocenters. The summed E-state index contributed by atoms with van der Waals surface area (Å²) in [7, 11) is 0. The fraction of sp³-hybridized carbons (Fsp3) is 0.368. The van der Waals surface area contributed by atoms with Crippen molar-refractivity contribution in [1.29, 1.82) is 0 Å². The zero-order valence-electron chi connectivity index (χ0n) is 13.4. The third-order valence-electron chi connectivity index (χ3n) is 5.06. The molecule has 4 nitrogen and oxygen atoms in total. The van der Waals surface area contributed by atoms with E-state index in [0.29, 0.717) is 17.2 Å². The lowest BCUT2D eigenvalue weighted by atomic mass is 10.1. The third kappa shape index (κ3) is 2.47. The second-order valence-electron chi connectivity index (χ2n) is 6.66. The maximum Gasteiger partial charge on any atom is 0.180 e. The largest absolute Gasteiger partial charge is 0.364 e. The summed E-state index contributed by atoms with van der Waals surface area (Å²) in [6.07, 6.45) is 9.69. The molecule has 0 bridgehead atoms. The molecule has 0 spiro atoms. The topological polar surface area (TPSA) is 42.2 Å². The van der Waals surface area contributed by atoms with E-state index < -0.39 is 0 Å². The zero-order chi connectivity index (χ0) is 15.9. The number of hydrogen-bond acceptors (Lipinski definition) is 4. The van der Waals surface area contributed by atoms with Gasteiger partial charge in [0.25, 0.3) is 0 Å². The van der Waals surface area contributed by atoms with Crippen LogP contribution in [0, 0.1) is 0 Å². The number of hydrogen-bond donors (Lipinski definition) is 1. The Hall–Kier alpha value is -2.01. The van der Waals surface area contributed by atoms with Gasteiger partial charge in [-0.3, -0.25) is 4.40 Å². The second kappa shape index (κ2) is 5.81. The van der Waals surface area contributed by atoms with E-state index >= 15 is 0 Å². The van der Waals surface area contributed by atoms with Crippen LogP contribution in [0.4, 0.5) is 5.82 Å². The lowest BCUT2D eigenvalue weighted by molar-refractivity contribution is 0.797. The zero-order valence-corrected chi connectivity index (χ0v) is 14.2. The molecule has 1 saturated heterocycles. The normalized spacial score (nSPS) is 25.9. The molecule has 122 valence electrons. The fourth-order valence-corrected chi connectivity index (χ4v) is 4.98. The Bertz CT molecular complexity index is 854. The van der Waals surface area contributed by atoms with Crippen molar-refractivity contribution in [2.24, 2.45) is 0 Å². The van der Waals surface area contributed by atoms with Crippen molar-refractivity contribution < 1.29 is 0 Å². The number of fused-ring (bicyclic) bond motifs is 1. The highest BCUT2D eigenvalue weighted by Crippen LogP contribution is 2.43. The SMILES string of the molecule is c1ccc([C@H]2C[C@H]2Nc2nccn3c([C@@H]4CCCS4)cnc23)cc1. The number of benzene rings is 1. The highest BCUT2D eigenvalue weighted by Gasteiger charge is 2.39. The van der Waals surface area contributed by atoms with E-state index in [-0.39, 0.29) is 0 Å². The predicted molar refractivity (Wildman–Crippen MR) is 98.6 cm³/mol. The summed E-state index contributed by atoms with van der Waals surface area (Å²) in [5.41, 5.74) is 3.68. The molecule has 0 radical (unpaired) electrons. The van der Waals surface area contributed by atoms with Gasteiger partial charge < -0.3 is 5.32 Å². The minimum atomic E-state index is 0.465. The Morgan fingerprint density at radius 2 is 2.08 bits per heavy atom. The highest BCUT2D eigenvalue weighted by atomic mass is 32.2. The van der Waals surface area contributed by atoms with Gasteiger partial charge in [0, 0.05) is 29.6 Å². The molecular formula is C19H20N4S. The molecule has 1 N–H and O–H groups in total. The summed E-state index contributed by atoms with van der Waals surface area (Å²) in [4.78, 5) is 9.22. The van der Waals surface area contributed by atoms with Gasteiger partial charge in [0.05, 0.1) is 11.9 Å². The minimum absolute atomic E-state index is 0.465. The number of imidazole rings is 1. The average molecular weight is 336 g/mol. The van der Waals surface area contributed by atoms with Crippen molar-refractivity contribution in [3.63, 3.8) is 0 Å². The van der Waals surface area contributed by atoms with Gasteiger partial charge in [0.1, 0.15) is 0 Å². The van der Waals surface area contributed by atoms with Gasteiger partial charge >= 0.3 is 0 Å². The minimum Gasteiger partial charge on any atom is -0.364 e. The van der Waals surface area contributed by atoms with Crippen molar-refractivity contribution in [1.82, 2.24) is 14.4 Å². The maximum absolute atomic E-state index is 4.67. The van der Waals surface area contributed by atoms with Crippen LogP contribution >= 0.6 is 11.8 Å². The van der Waals surface area contributed by atoms with Gasteiger partial charge in [-0.1, -0.05) is 30.3 Å². The van der Waals surface area contributed by atoms with E-state index in [9.17, 15) is 0 Å². The molecule has 0 amide bonds. The molecule has 3 atom stereocenters. The summed E-state index contributed by atoms with van der Waals surface area (Å²) in [6.45, 7) is 0. The molecule has 24 heavy (non-hydrogen) atoms. The standard InChI is InChI=1S/C19H20N4S/c1-2-5-13(6-3-1)14-11-15(14)22-18-19-21-12-16(17-7-4-10-24-17)23(19)9-8-20-18/h1-3,5-6,8-9,12,14-15,17H,4,7,10-11H2,(H,20,22)/t14-,15-,17+/m1/s1. The first-order chi connectivity index (χ1) is 11.9. The molecule has 1 aliphatic heterocycles. The maximum atomic E-state index is 4.67. The highest BCUT2D eigenvalue weighted by molar-refractivity contribution is 7.99. The van der Waals surface area contributed by atoms with Gasteiger partial charge in [0.15, 0.2) is 11.5 Å². The van der Waals surface area contributed by atoms with Crippen molar-refractivity contribution in [3.05, 3.63) is 60.2 Å². The Morgan fingerprint density at radius 1 is 1.17 bits per heavy atom. The molecule has 2 aromatic heterocycles. The number of nitrogens with zero attached hydrogens (tertiary/aromatic N) is 3. The third-order valence-corrected chi connectivity index (χ3v) is 6.46. The van der Waals surface area contributed by atoms with Crippen LogP contribution in [0.25, 0.3) is 5.65 Å². The molecule has 3 aromatic rings. The Labute approximate surface area is 145 Å². The number of anilines is 1. The average Bonchev–Trinajstić information content (AvgIpc) is 3.01. The Balaban J connectivity index is 1.40. The summed E-state index contributed by atoms with van der Waals surface area (Å²) < 4.78 is 2.22. The summed E-state index contributed by atoms with van der Waals surface area (Å²) in [5.74, 6) is 2.76. The first-order valence-electron chi connectivity index (χ1n) is 8.65. The molecule has 5 rings (SSSR count). The smallest absolute Gasteiger partial charge is 0.180 e. The predicted octanol–water partition coefficient (Wildman–Crippen LogP) is 4.27. The van der Waals surface area contributed by atoms with Gasteiger partial charge in [-0.15, -0.1) is 0 Å². The quantitative estimate of drug-likeness (QED) is 0.773. The molecule has 3 heterocycles. The molecule has 1 aliphatic carbocycles. The van der Waals surface area contributed by atoms with Crippen molar-refractivity contribution in [2.75, 3.05) is 11.1 Å². The van der Waals surface area contributed by atoms with E-state index in [1.807, 2.05) is 30.4 Å². The van der Waals surface area contributed by atoms with Crippen LogP contribution in [0.3, 0.4) is 0 Å². The fourth-order valence-electron chi connectivity index (χ4n) is 3.69. The van der Waals surface area contributed by atoms with Gasteiger partial charge in [-0.05, 0) is 30.6 Å². The van der Waals surface area contributed by atoms with Crippen molar-refractivity contribution in [3.8, 4) is 0 Å². The number of thioether (sulfide) groups is 1. The summed E-state index contributed by atoms with van der Waals surface area (Å²) in [5, 5.41) is 4.19. The van der Waals surface area contributed by atoms with Crippen LogP contribution in [0.15, 0.2) is 48.9 Å². The van der Waals surface area contributed by atoms with E-state index in [4.69, 9.17) is 0 Å². The molecule has 1 saturated carbocycles. The molecule has 5 heteroatoms. The number of rotatable bonds is 4. The van der Waals surface area contributed by atoms with Crippen LogP contribution in [0.1, 0.15) is 41.7 Å². The number of nitrogens with one attached hydrogen (secondary N) is 1. The van der Waals surface area contributed by atoms with Gasteiger partial charge in [-0.25, -0.2) is 9.97 Å². The van der Waals surface area contributed by atoms with Crippen LogP contribution in [0.2, 0.25) is 0 Å². The monoisotopic (exact) mass is 336 g/mol. The summed E-state index contributed by atoms with van der Waals surface area (Å²) >= 11 is 2.04. The van der Waals surface area contributed by atoms with E-state index in [1.165, 1.54) is 36.3 Å². The molecule has 1 aromatic carbocycles. The molecular weight excluding hydrogens is 316 g/mol. The van der Waals surface area contributed by atoms with Crippen molar-refractivity contribution in [2.45, 2.75) is 36.5 Å². The van der Waals surface area contributed by atoms with E-state index in [0.717, 1.165) is 11.5 Å². The first-order valence-corrected chi connectivity index (χ1v) is 9.70. The van der Waals surface area contributed by atoms with Gasteiger partial charge in [0.2, 0.25) is 0 Å². The summed E-state index contributed by atoms with van der Waals surface area (Å²) in [6, 6.07) is 11.2. The van der Waals surface area contributed by atoms with Crippen LogP contribution < -0.4 is 5.32 Å². The van der Waals surface area contributed by atoms with Gasteiger partial charge in [-0.2, -0.15) is 11.8 Å².